The third-order valence-electron chi connectivity index (χ3n) is 1.65. The van der Waals surface area contributed by atoms with E-state index in [1.54, 1.807) is 0 Å². The molecule has 0 bridgehead atoms. The molecule has 0 aromatic heterocycles. The molecule has 1 aliphatic heterocycles. The summed E-state index contributed by atoms with van der Waals surface area (Å²) in [5.74, 6) is 0.436. The number of allylic oxidation sites excluding steroid dienone is 1. The van der Waals surface area contributed by atoms with Crippen molar-refractivity contribution in [1.82, 2.24) is 0 Å². The Balaban J connectivity index is 2.35. The second kappa shape index (κ2) is 4.93. The maximum absolute atomic E-state index is 11.2. The van der Waals surface area contributed by atoms with Gasteiger partial charge in [-0.15, -0.1) is 0 Å². The lowest BCUT2D eigenvalue weighted by Gasteiger charge is -2.13. The van der Waals surface area contributed by atoms with Gasteiger partial charge in [0.2, 0.25) is 5.78 Å². The van der Waals surface area contributed by atoms with E-state index in [0.29, 0.717) is 19.0 Å². The molecule has 68 valence electrons. The number of hydrogen-bond donors (Lipinski definition) is 0. The third-order valence-corrected chi connectivity index (χ3v) is 1.65. The highest BCUT2D eigenvalue weighted by molar-refractivity contribution is 5.94. The van der Waals surface area contributed by atoms with Gasteiger partial charge in [0.25, 0.3) is 0 Å². The molecule has 1 rings (SSSR count). The van der Waals surface area contributed by atoms with Crippen LogP contribution in [0.1, 0.15) is 19.8 Å². The normalized spacial score (nSPS) is 16.6. The number of Topliss-reactive ketones (excluding diaryl/α,β-unsaturated/α-hetero) is 1. The summed E-state index contributed by atoms with van der Waals surface area (Å²) in [6.45, 7) is 3.23. The molecule has 0 atom stereocenters. The van der Waals surface area contributed by atoms with E-state index < -0.39 is 0 Å². The summed E-state index contributed by atoms with van der Waals surface area (Å²) in [5.41, 5.74) is 0. The van der Waals surface area contributed by atoms with E-state index in [2.05, 4.69) is 0 Å². The molecular formula is C9H14O3. The van der Waals surface area contributed by atoms with Crippen molar-refractivity contribution in [2.24, 2.45) is 0 Å². The van der Waals surface area contributed by atoms with Gasteiger partial charge < -0.3 is 9.47 Å². The minimum atomic E-state index is -0.0449. The van der Waals surface area contributed by atoms with Crippen LogP contribution in [0.15, 0.2) is 11.8 Å². The smallest absolute Gasteiger partial charge is 0.222 e. The maximum atomic E-state index is 11.2. The SMILES string of the molecule is CCOCC(=O)C1=CCCCO1. The van der Waals surface area contributed by atoms with E-state index in [0.717, 1.165) is 12.8 Å². The Bertz CT molecular complexity index is 184. The van der Waals surface area contributed by atoms with E-state index >= 15 is 0 Å². The average molecular weight is 170 g/mol. The number of carbonyl (C=O) groups is 1. The van der Waals surface area contributed by atoms with Gasteiger partial charge in [0.1, 0.15) is 6.61 Å². The zero-order chi connectivity index (χ0) is 8.81. The van der Waals surface area contributed by atoms with E-state index in [-0.39, 0.29) is 12.4 Å². The molecule has 0 unspecified atom stereocenters. The topological polar surface area (TPSA) is 35.5 Å². The number of ether oxygens (including phenoxy) is 2. The standard InChI is InChI=1S/C9H14O3/c1-2-11-7-8(10)9-5-3-4-6-12-9/h5H,2-4,6-7H2,1H3. The lowest BCUT2D eigenvalue weighted by molar-refractivity contribution is -0.123. The third kappa shape index (κ3) is 2.66. The van der Waals surface area contributed by atoms with Crippen LogP contribution in [0.25, 0.3) is 0 Å². The van der Waals surface area contributed by atoms with Crippen LogP contribution < -0.4 is 0 Å². The van der Waals surface area contributed by atoms with E-state index in [4.69, 9.17) is 9.47 Å². The van der Waals surface area contributed by atoms with Gasteiger partial charge in [-0.2, -0.15) is 0 Å². The van der Waals surface area contributed by atoms with Crippen LogP contribution in [0, 0.1) is 0 Å². The Morgan fingerprint density at radius 1 is 1.75 bits per heavy atom. The number of ketones is 1. The van der Waals surface area contributed by atoms with Crippen molar-refractivity contribution in [3.63, 3.8) is 0 Å². The summed E-state index contributed by atoms with van der Waals surface area (Å²) in [4.78, 5) is 11.2. The second-order valence-electron chi connectivity index (χ2n) is 2.62. The highest BCUT2D eigenvalue weighted by Gasteiger charge is 2.12. The largest absolute Gasteiger partial charge is 0.490 e. The van der Waals surface area contributed by atoms with E-state index in [1.165, 1.54) is 0 Å². The molecule has 1 aliphatic rings. The van der Waals surface area contributed by atoms with Crippen LogP contribution in [-0.2, 0) is 14.3 Å². The Morgan fingerprint density at radius 2 is 2.58 bits per heavy atom. The zero-order valence-corrected chi connectivity index (χ0v) is 7.34. The van der Waals surface area contributed by atoms with Crippen LogP contribution >= 0.6 is 0 Å². The van der Waals surface area contributed by atoms with E-state index in [9.17, 15) is 4.79 Å². The van der Waals surface area contributed by atoms with Crippen molar-refractivity contribution in [3.05, 3.63) is 11.8 Å². The molecular weight excluding hydrogens is 156 g/mol. The lowest BCUT2D eigenvalue weighted by Crippen LogP contribution is -2.16. The fraction of sp³-hybridized carbons (Fsp3) is 0.667. The maximum Gasteiger partial charge on any atom is 0.222 e. The molecule has 0 aromatic carbocycles. The molecule has 3 heteroatoms. The summed E-state index contributed by atoms with van der Waals surface area (Å²) >= 11 is 0. The van der Waals surface area contributed by atoms with Gasteiger partial charge in [0, 0.05) is 6.61 Å². The van der Waals surface area contributed by atoms with Crippen molar-refractivity contribution >= 4 is 5.78 Å². The molecule has 0 radical (unpaired) electrons. The highest BCUT2D eigenvalue weighted by Crippen LogP contribution is 2.10. The zero-order valence-electron chi connectivity index (χ0n) is 7.34. The van der Waals surface area contributed by atoms with Gasteiger partial charge in [-0.25, -0.2) is 0 Å². The fourth-order valence-corrected chi connectivity index (χ4v) is 1.02. The van der Waals surface area contributed by atoms with Crippen molar-refractivity contribution in [2.45, 2.75) is 19.8 Å². The van der Waals surface area contributed by atoms with Gasteiger partial charge in [0.05, 0.1) is 6.61 Å². The lowest BCUT2D eigenvalue weighted by atomic mass is 10.2. The van der Waals surface area contributed by atoms with Crippen LogP contribution in [0.4, 0.5) is 0 Å². The predicted octanol–water partition coefficient (Wildman–Crippen LogP) is 1.29. The molecule has 0 spiro atoms. The van der Waals surface area contributed by atoms with Crippen LogP contribution in [0.5, 0.6) is 0 Å². The first-order valence-corrected chi connectivity index (χ1v) is 4.28. The summed E-state index contributed by atoms with van der Waals surface area (Å²) in [5, 5.41) is 0. The minimum Gasteiger partial charge on any atom is -0.490 e. The molecule has 0 fully saturated rings. The Kier molecular flexibility index (Phi) is 3.80. The van der Waals surface area contributed by atoms with E-state index in [1.807, 2.05) is 13.0 Å². The molecule has 1 heterocycles. The Hall–Kier alpha value is -0.830. The summed E-state index contributed by atoms with van der Waals surface area (Å²) in [7, 11) is 0. The number of carbonyl (C=O) groups excluding carboxylic acids is 1. The molecule has 0 aromatic rings. The fourth-order valence-electron chi connectivity index (χ4n) is 1.02. The molecule has 12 heavy (non-hydrogen) atoms. The van der Waals surface area contributed by atoms with Crippen LogP contribution in [-0.4, -0.2) is 25.6 Å². The first kappa shape index (κ1) is 9.26. The Labute approximate surface area is 72.4 Å². The molecule has 3 nitrogen and oxygen atoms in total. The van der Waals surface area contributed by atoms with Crippen molar-refractivity contribution in [2.75, 3.05) is 19.8 Å². The minimum absolute atomic E-state index is 0.0449. The van der Waals surface area contributed by atoms with Crippen molar-refractivity contribution < 1.29 is 14.3 Å². The van der Waals surface area contributed by atoms with Crippen molar-refractivity contribution in [3.8, 4) is 0 Å². The summed E-state index contributed by atoms with van der Waals surface area (Å²) < 4.78 is 10.1. The monoisotopic (exact) mass is 170 g/mol. The average Bonchev–Trinajstić information content (AvgIpc) is 2.15. The highest BCUT2D eigenvalue weighted by atomic mass is 16.5. The first-order chi connectivity index (χ1) is 5.84. The van der Waals surface area contributed by atoms with Crippen molar-refractivity contribution in [1.29, 1.82) is 0 Å². The number of rotatable bonds is 4. The molecule has 0 saturated heterocycles. The summed E-state index contributed by atoms with van der Waals surface area (Å²) in [6, 6.07) is 0. The first-order valence-electron chi connectivity index (χ1n) is 4.28. The van der Waals surface area contributed by atoms with Gasteiger partial charge in [-0.1, -0.05) is 0 Å². The predicted molar refractivity (Wildman–Crippen MR) is 44.8 cm³/mol. The Morgan fingerprint density at radius 3 is 3.17 bits per heavy atom. The van der Waals surface area contributed by atoms with Crippen LogP contribution in [0.2, 0.25) is 0 Å². The molecule has 0 aliphatic carbocycles. The van der Waals surface area contributed by atoms with Gasteiger partial charge in [-0.3, -0.25) is 4.79 Å². The molecule has 0 N–H and O–H groups in total. The van der Waals surface area contributed by atoms with Gasteiger partial charge in [-0.05, 0) is 25.8 Å². The van der Waals surface area contributed by atoms with Gasteiger partial charge >= 0.3 is 0 Å². The van der Waals surface area contributed by atoms with Crippen LogP contribution in [0.3, 0.4) is 0 Å². The second-order valence-corrected chi connectivity index (χ2v) is 2.62. The quantitative estimate of drug-likeness (QED) is 0.637. The molecule has 0 amide bonds. The summed E-state index contributed by atoms with van der Waals surface area (Å²) in [6.07, 6.45) is 3.78. The number of hydrogen-bond acceptors (Lipinski definition) is 3. The van der Waals surface area contributed by atoms with Gasteiger partial charge in [0.15, 0.2) is 5.76 Å². The molecule has 0 saturated carbocycles.